The first-order valence-electron chi connectivity index (χ1n) is 15.4. The average molecular weight is 605 g/mol. The molecule has 1 saturated carbocycles. The van der Waals surface area contributed by atoms with Crippen molar-refractivity contribution in [2.45, 2.75) is 77.7 Å². The highest BCUT2D eigenvalue weighted by Gasteiger charge is 2.26. The van der Waals surface area contributed by atoms with Crippen LogP contribution in [0.2, 0.25) is 0 Å². The lowest BCUT2D eigenvalue weighted by Crippen LogP contribution is -2.50. The number of Topliss-reactive ketones (excluding diaryl/α,β-unsaturated/α-hetero) is 1. The first-order valence-corrected chi connectivity index (χ1v) is 15.4. The standard InChI is InChI=1S/C31H40N8O5/c1-20-24-18-33-31(35-29(24)39(22-9-6-7-10-22)30(43)28(20)21(2)40)34-25-13-12-23(17-32-25)38-16-15-37(27(42)19-38)14-8-4-3-5-11-26(41)36-44/h12-13,17-18,22,44H,3-11,14-16,19H2,1-2H3,(H,36,41)(H,32,33,34,35). The summed E-state index contributed by atoms with van der Waals surface area (Å²) in [5, 5.41) is 12.4. The van der Waals surface area contributed by atoms with Gasteiger partial charge in [-0.2, -0.15) is 4.98 Å². The van der Waals surface area contributed by atoms with Gasteiger partial charge in [0.05, 0.1) is 24.0 Å². The summed E-state index contributed by atoms with van der Waals surface area (Å²) in [4.78, 5) is 67.3. The summed E-state index contributed by atoms with van der Waals surface area (Å²) < 4.78 is 1.69. The summed E-state index contributed by atoms with van der Waals surface area (Å²) in [6, 6.07) is 3.71. The number of aryl methyl sites for hydroxylation is 1. The van der Waals surface area contributed by atoms with Crippen LogP contribution in [-0.2, 0) is 9.59 Å². The first-order chi connectivity index (χ1) is 21.3. The van der Waals surface area contributed by atoms with E-state index in [1.54, 1.807) is 29.4 Å². The van der Waals surface area contributed by atoms with Crippen molar-refractivity contribution in [3.63, 3.8) is 0 Å². The van der Waals surface area contributed by atoms with Gasteiger partial charge in [-0.1, -0.05) is 25.7 Å². The lowest BCUT2D eigenvalue weighted by Gasteiger charge is -2.35. The number of rotatable bonds is 12. The van der Waals surface area contributed by atoms with Crippen molar-refractivity contribution in [1.29, 1.82) is 0 Å². The van der Waals surface area contributed by atoms with Gasteiger partial charge in [-0.15, -0.1) is 0 Å². The second kappa shape index (κ2) is 13.9. The molecule has 0 spiro atoms. The Bertz CT molecular complexity index is 1580. The molecule has 234 valence electrons. The average Bonchev–Trinajstić information content (AvgIpc) is 3.54. The summed E-state index contributed by atoms with van der Waals surface area (Å²) in [6.45, 7) is 5.49. The number of anilines is 3. The number of hydrogen-bond donors (Lipinski definition) is 3. The maximum Gasteiger partial charge on any atom is 0.263 e. The minimum Gasteiger partial charge on any atom is -0.359 e. The Balaban J connectivity index is 1.22. The Hall–Kier alpha value is -4.39. The number of carbonyl (C=O) groups excluding carboxylic acids is 3. The van der Waals surface area contributed by atoms with Gasteiger partial charge in [-0.3, -0.25) is 29.0 Å². The van der Waals surface area contributed by atoms with Crippen LogP contribution in [0.1, 0.15) is 86.7 Å². The smallest absolute Gasteiger partial charge is 0.263 e. The molecule has 13 heteroatoms. The van der Waals surface area contributed by atoms with E-state index < -0.39 is 0 Å². The predicted molar refractivity (Wildman–Crippen MR) is 165 cm³/mol. The predicted octanol–water partition coefficient (Wildman–Crippen LogP) is 3.66. The van der Waals surface area contributed by atoms with E-state index >= 15 is 0 Å². The molecule has 3 aromatic heterocycles. The van der Waals surface area contributed by atoms with Gasteiger partial charge in [0.15, 0.2) is 5.78 Å². The second-order valence-electron chi connectivity index (χ2n) is 11.6. The van der Waals surface area contributed by atoms with Crippen LogP contribution in [-0.4, -0.2) is 73.4 Å². The minimum atomic E-state index is -0.372. The van der Waals surface area contributed by atoms with Crippen LogP contribution < -0.4 is 21.3 Å². The van der Waals surface area contributed by atoms with Crippen LogP contribution in [0.4, 0.5) is 17.5 Å². The van der Waals surface area contributed by atoms with Crippen LogP contribution in [0.25, 0.3) is 11.0 Å². The molecule has 0 radical (unpaired) electrons. The summed E-state index contributed by atoms with van der Waals surface area (Å²) in [5.41, 5.74) is 3.51. The third kappa shape index (κ3) is 6.88. The molecule has 1 aliphatic heterocycles. The van der Waals surface area contributed by atoms with Gasteiger partial charge >= 0.3 is 0 Å². The molecule has 2 aliphatic rings. The summed E-state index contributed by atoms with van der Waals surface area (Å²) in [5.74, 6) is 0.276. The normalized spacial score (nSPS) is 15.7. The molecule has 2 fully saturated rings. The van der Waals surface area contributed by atoms with E-state index in [0.29, 0.717) is 60.8 Å². The van der Waals surface area contributed by atoms with Crippen molar-refractivity contribution in [2.24, 2.45) is 0 Å². The summed E-state index contributed by atoms with van der Waals surface area (Å²) >= 11 is 0. The molecule has 2 amide bonds. The first kappa shape index (κ1) is 31.0. The monoisotopic (exact) mass is 604 g/mol. The maximum atomic E-state index is 13.5. The Kier molecular flexibility index (Phi) is 9.83. The van der Waals surface area contributed by atoms with Crippen LogP contribution in [0, 0.1) is 6.92 Å². The van der Waals surface area contributed by atoms with Gasteiger partial charge in [0.2, 0.25) is 17.8 Å². The number of nitrogens with zero attached hydrogens (tertiary/aromatic N) is 6. The zero-order valence-corrected chi connectivity index (χ0v) is 25.3. The van der Waals surface area contributed by atoms with Gasteiger partial charge < -0.3 is 15.1 Å². The number of fused-ring (bicyclic) bond motifs is 1. The van der Waals surface area contributed by atoms with Crippen LogP contribution in [0.3, 0.4) is 0 Å². The molecule has 4 heterocycles. The quantitative estimate of drug-likeness (QED) is 0.120. The molecule has 1 saturated heterocycles. The molecular weight excluding hydrogens is 564 g/mol. The minimum absolute atomic E-state index is 0.000801. The third-order valence-electron chi connectivity index (χ3n) is 8.63. The van der Waals surface area contributed by atoms with Crippen molar-refractivity contribution >= 4 is 46.1 Å². The van der Waals surface area contributed by atoms with Gasteiger partial charge in [0, 0.05) is 43.7 Å². The molecule has 0 unspecified atom stereocenters. The number of hydroxylamine groups is 1. The highest BCUT2D eigenvalue weighted by atomic mass is 16.5. The molecule has 3 N–H and O–H groups in total. The van der Waals surface area contributed by atoms with E-state index in [1.165, 1.54) is 6.92 Å². The molecular formula is C31H40N8O5. The van der Waals surface area contributed by atoms with Crippen LogP contribution >= 0.6 is 0 Å². The molecule has 5 rings (SSSR count). The van der Waals surface area contributed by atoms with E-state index in [4.69, 9.17) is 10.2 Å². The Morgan fingerprint density at radius 3 is 2.48 bits per heavy atom. The number of pyridine rings is 2. The van der Waals surface area contributed by atoms with Crippen molar-refractivity contribution in [3.8, 4) is 0 Å². The van der Waals surface area contributed by atoms with Crippen molar-refractivity contribution in [3.05, 3.63) is 46.0 Å². The molecule has 3 aromatic rings. The number of aromatic nitrogens is 4. The van der Waals surface area contributed by atoms with Gasteiger partial charge in [-0.25, -0.2) is 15.4 Å². The summed E-state index contributed by atoms with van der Waals surface area (Å²) in [6.07, 6.45) is 10.9. The number of unbranched alkanes of at least 4 members (excludes halogenated alkanes) is 3. The Labute approximate surface area is 255 Å². The topological polar surface area (TPSA) is 163 Å². The molecule has 0 bridgehead atoms. The van der Waals surface area contributed by atoms with Crippen LogP contribution in [0.15, 0.2) is 29.3 Å². The Morgan fingerprint density at radius 1 is 1.02 bits per heavy atom. The number of nitrogens with one attached hydrogen (secondary N) is 2. The number of piperazine rings is 1. The Morgan fingerprint density at radius 2 is 1.80 bits per heavy atom. The number of amides is 2. The second-order valence-corrected chi connectivity index (χ2v) is 11.6. The molecule has 1 aliphatic carbocycles. The lowest BCUT2D eigenvalue weighted by molar-refractivity contribution is -0.131. The van der Waals surface area contributed by atoms with E-state index in [-0.39, 0.29) is 41.3 Å². The van der Waals surface area contributed by atoms with Crippen molar-refractivity contribution in [1.82, 2.24) is 29.9 Å². The zero-order chi connectivity index (χ0) is 31.2. The van der Waals surface area contributed by atoms with Crippen molar-refractivity contribution in [2.75, 3.05) is 36.4 Å². The highest BCUT2D eigenvalue weighted by Crippen LogP contribution is 2.32. The summed E-state index contributed by atoms with van der Waals surface area (Å²) in [7, 11) is 0. The number of ketones is 1. The third-order valence-corrected chi connectivity index (χ3v) is 8.63. The fraction of sp³-hybridized carbons (Fsp3) is 0.516. The van der Waals surface area contributed by atoms with E-state index in [0.717, 1.165) is 50.6 Å². The molecule has 0 atom stereocenters. The maximum absolute atomic E-state index is 13.5. The lowest BCUT2D eigenvalue weighted by atomic mass is 10.0. The fourth-order valence-electron chi connectivity index (χ4n) is 6.23. The van der Waals surface area contributed by atoms with Crippen molar-refractivity contribution < 1.29 is 19.6 Å². The molecule has 44 heavy (non-hydrogen) atoms. The van der Waals surface area contributed by atoms with E-state index in [9.17, 15) is 19.2 Å². The molecule has 0 aromatic carbocycles. The van der Waals surface area contributed by atoms with Gasteiger partial charge in [-0.05, 0) is 57.2 Å². The van der Waals surface area contributed by atoms with E-state index in [2.05, 4.69) is 15.3 Å². The van der Waals surface area contributed by atoms with Gasteiger partial charge in [0.25, 0.3) is 5.56 Å². The molecule has 13 nitrogen and oxygen atoms in total. The SMILES string of the molecule is CC(=O)c1c(C)c2cnc(Nc3ccc(N4CCN(CCCCCCC(=O)NO)C(=O)C4)cn3)nc2n(C2CCCC2)c1=O. The van der Waals surface area contributed by atoms with Crippen LogP contribution in [0.5, 0.6) is 0 Å². The largest absolute Gasteiger partial charge is 0.359 e. The van der Waals surface area contributed by atoms with Gasteiger partial charge in [0.1, 0.15) is 11.5 Å². The van der Waals surface area contributed by atoms with E-state index in [1.807, 2.05) is 21.9 Å². The fourth-order valence-corrected chi connectivity index (χ4v) is 6.23. The number of carbonyl (C=O) groups is 3. The number of hydrogen-bond acceptors (Lipinski definition) is 10. The zero-order valence-electron chi connectivity index (χ0n) is 25.3. The highest BCUT2D eigenvalue weighted by molar-refractivity contribution is 5.99.